The fourth-order valence-electron chi connectivity index (χ4n) is 6.75. The Morgan fingerprint density at radius 2 is 1.80 bits per heavy atom. The van der Waals surface area contributed by atoms with Crippen LogP contribution in [0.3, 0.4) is 0 Å². The zero-order valence-electron chi connectivity index (χ0n) is 28.9. The topological polar surface area (TPSA) is 127 Å². The lowest BCUT2D eigenvalue weighted by atomic mass is 10.1. The van der Waals surface area contributed by atoms with E-state index < -0.39 is 11.9 Å². The SMILES string of the molecule is COCCn1ncc(-c2ccc(-c3cnc(C(=O)Nc4ccc(C(=O)N5CCN(C(=O)C6CC[N+](C)(C)C6)CC5)c(Cl)c4)n3C)c(F)n2)c1C. The van der Waals surface area contributed by atoms with Gasteiger partial charge in [0.05, 0.1) is 86.2 Å². The number of pyridine rings is 1. The van der Waals surface area contributed by atoms with Gasteiger partial charge in [0.2, 0.25) is 11.9 Å². The molecule has 0 radical (unpaired) electrons. The maximum Gasteiger partial charge on any atom is 0.291 e. The average Bonchev–Trinajstić information content (AvgIpc) is 3.78. The monoisotopic (exact) mass is 706 g/mol. The number of methoxy groups -OCH3 is 1. The Bertz CT molecular complexity index is 1930. The Balaban J connectivity index is 1.08. The van der Waals surface area contributed by atoms with Gasteiger partial charge in [-0.25, -0.2) is 9.97 Å². The Morgan fingerprint density at radius 1 is 1.06 bits per heavy atom. The second kappa shape index (κ2) is 14.3. The molecule has 6 rings (SSSR count). The van der Waals surface area contributed by atoms with Crippen molar-refractivity contribution in [1.29, 1.82) is 0 Å². The van der Waals surface area contributed by atoms with Gasteiger partial charge in [0.25, 0.3) is 11.8 Å². The number of piperazine rings is 1. The standard InChI is InChI=1S/C35H41ClFN9O4/c1-22-27(19-39-45(22)15-17-50-5)29-9-8-26(31(37)41-29)30-20-38-32(42(30)2)33(47)40-24-6-7-25(28(36)18-24)35(49)44-13-11-43(12-14-44)34(48)23-10-16-46(3,4)21-23/h6-9,18-20,23H,10-17,21H2,1-5H3/p+1. The van der Waals surface area contributed by atoms with Crippen LogP contribution in [-0.4, -0.2) is 123 Å². The molecular weight excluding hydrogens is 665 g/mol. The van der Waals surface area contributed by atoms with Gasteiger partial charge in [0.1, 0.15) is 0 Å². The summed E-state index contributed by atoms with van der Waals surface area (Å²) < 4.78 is 24.6. The molecule has 3 amide bonds. The smallest absolute Gasteiger partial charge is 0.291 e. The summed E-state index contributed by atoms with van der Waals surface area (Å²) in [6.45, 7) is 6.59. The first-order valence-corrected chi connectivity index (χ1v) is 17.0. The number of quaternary nitrogens is 1. The number of amides is 3. The molecule has 1 N–H and O–H groups in total. The van der Waals surface area contributed by atoms with E-state index in [2.05, 4.69) is 34.5 Å². The molecule has 0 saturated carbocycles. The fraction of sp³-hybridized carbons (Fsp3) is 0.429. The summed E-state index contributed by atoms with van der Waals surface area (Å²) in [6, 6.07) is 7.99. The molecule has 1 atom stereocenters. The third-order valence-electron chi connectivity index (χ3n) is 9.68. The molecule has 264 valence electrons. The lowest BCUT2D eigenvalue weighted by Gasteiger charge is -2.36. The van der Waals surface area contributed by atoms with E-state index in [0.717, 1.165) is 29.7 Å². The van der Waals surface area contributed by atoms with Crippen LogP contribution in [-0.2, 0) is 23.1 Å². The quantitative estimate of drug-likeness (QED) is 0.208. The minimum Gasteiger partial charge on any atom is -0.383 e. The number of carbonyl (C=O) groups excluding carboxylic acids is 3. The number of imidazole rings is 1. The molecule has 15 heteroatoms. The Kier molecular flexibility index (Phi) is 10.1. The first-order chi connectivity index (χ1) is 23.9. The fourth-order valence-corrected chi connectivity index (χ4v) is 7.01. The maximum atomic E-state index is 15.4. The molecule has 0 spiro atoms. The molecule has 0 aliphatic carbocycles. The number of nitrogens with zero attached hydrogens (tertiary/aromatic N) is 8. The molecule has 2 aliphatic rings. The Hall–Kier alpha value is -4.66. The molecule has 5 heterocycles. The number of aromatic nitrogens is 5. The summed E-state index contributed by atoms with van der Waals surface area (Å²) in [5.41, 5.74) is 3.21. The summed E-state index contributed by atoms with van der Waals surface area (Å²) in [5, 5.41) is 7.30. The number of hydrogen-bond acceptors (Lipinski definition) is 7. The molecule has 1 unspecified atom stereocenters. The summed E-state index contributed by atoms with van der Waals surface area (Å²) in [6.07, 6.45) is 3.95. The first-order valence-electron chi connectivity index (χ1n) is 16.6. The van der Waals surface area contributed by atoms with E-state index in [1.165, 1.54) is 16.8 Å². The van der Waals surface area contributed by atoms with Crippen molar-refractivity contribution in [2.24, 2.45) is 13.0 Å². The molecule has 13 nitrogen and oxygen atoms in total. The second-order valence-corrected chi connectivity index (χ2v) is 13.9. The van der Waals surface area contributed by atoms with Gasteiger partial charge in [-0.05, 0) is 37.3 Å². The highest BCUT2D eigenvalue weighted by Crippen LogP contribution is 2.29. The number of rotatable bonds is 9. The minimum absolute atomic E-state index is 0.0324. The first kappa shape index (κ1) is 35.2. The number of anilines is 1. The van der Waals surface area contributed by atoms with Crippen LogP contribution in [0.2, 0.25) is 5.02 Å². The van der Waals surface area contributed by atoms with Crippen LogP contribution in [0.4, 0.5) is 10.1 Å². The molecule has 3 aromatic heterocycles. The number of likely N-dealkylation sites (tertiary alicyclic amines) is 1. The summed E-state index contributed by atoms with van der Waals surface area (Å²) in [5.74, 6) is -1.23. The van der Waals surface area contributed by atoms with Crippen molar-refractivity contribution in [3.05, 3.63) is 70.8 Å². The minimum atomic E-state index is -0.710. The third kappa shape index (κ3) is 7.14. The number of ether oxygens (including phenoxy) is 1. The van der Waals surface area contributed by atoms with Crippen LogP contribution in [0.5, 0.6) is 0 Å². The van der Waals surface area contributed by atoms with Gasteiger partial charge >= 0.3 is 0 Å². The van der Waals surface area contributed by atoms with Gasteiger partial charge in [0, 0.05) is 63.7 Å². The molecule has 2 fully saturated rings. The molecule has 2 saturated heterocycles. The van der Waals surface area contributed by atoms with E-state index in [0.29, 0.717) is 67.5 Å². The highest BCUT2D eigenvalue weighted by Gasteiger charge is 2.38. The predicted octanol–water partition coefficient (Wildman–Crippen LogP) is 3.73. The summed E-state index contributed by atoms with van der Waals surface area (Å²) in [7, 11) is 7.52. The molecule has 4 aromatic rings. The highest BCUT2D eigenvalue weighted by molar-refractivity contribution is 6.34. The van der Waals surface area contributed by atoms with Gasteiger partial charge in [-0.3, -0.25) is 19.1 Å². The normalized spacial score (nSPS) is 17.3. The number of benzene rings is 1. The van der Waals surface area contributed by atoms with E-state index in [-0.39, 0.29) is 34.1 Å². The van der Waals surface area contributed by atoms with Gasteiger partial charge in [-0.2, -0.15) is 9.49 Å². The summed E-state index contributed by atoms with van der Waals surface area (Å²) >= 11 is 6.54. The van der Waals surface area contributed by atoms with E-state index >= 15 is 4.39 Å². The van der Waals surface area contributed by atoms with E-state index in [9.17, 15) is 14.4 Å². The molecule has 1 aromatic carbocycles. The predicted molar refractivity (Wildman–Crippen MR) is 186 cm³/mol. The van der Waals surface area contributed by atoms with Gasteiger partial charge in [-0.15, -0.1) is 0 Å². The number of halogens is 2. The lowest BCUT2D eigenvalue weighted by Crippen LogP contribution is -2.52. The van der Waals surface area contributed by atoms with E-state index in [1.807, 2.05) is 11.8 Å². The van der Waals surface area contributed by atoms with E-state index in [1.54, 1.807) is 54.2 Å². The van der Waals surface area contributed by atoms with Crippen molar-refractivity contribution >= 4 is 35.0 Å². The van der Waals surface area contributed by atoms with Crippen LogP contribution in [0, 0.1) is 18.8 Å². The zero-order valence-corrected chi connectivity index (χ0v) is 29.7. The van der Waals surface area contributed by atoms with Crippen LogP contribution < -0.4 is 5.32 Å². The van der Waals surface area contributed by atoms with Crippen molar-refractivity contribution in [1.82, 2.24) is 34.1 Å². The van der Waals surface area contributed by atoms with Gasteiger partial charge in [0.15, 0.2) is 5.82 Å². The van der Waals surface area contributed by atoms with Crippen molar-refractivity contribution < 1.29 is 28.0 Å². The van der Waals surface area contributed by atoms with E-state index in [4.69, 9.17) is 16.3 Å². The van der Waals surface area contributed by atoms with Crippen molar-refractivity contribution in [3.8, 4) is 22.5 Å². The van der Waals surface area contributed by atoms with Crippen molar-refractivity contribution in [2.45, 2.75) is 19.9 Å². The summed E-state index contributed by atoms with van der Waals surface area (Å²) in [4.78, 5) is 51.6. The third-order valence-corrected chi connectivity index (χ3v) is 10.00. The van der Waals surface area contributed by atoms with Gasteiger partial charge in [-0.1, -0.05) is 11.6 Å². The highest BCUT2D eigenvalue weighted by atomic mass is 35.5. The molecular formula is C35H42ClFN9O4+. The van der Waals surface area contributed by atoms with Crippen LogP contribution >= 0.6 is 11.6 Å². The number of hydrogen-bond donors (Lipinski definition) is 1. The zero-order chi connectivity index (χ0) is 35.7. The average molecular weight is 707 g/mol. The maximum absolute atomic E-state index is 15.4. The van der Waals surface area contributed by atoms with Crippen molar-refractivity contribution in [2.75, 3.05) is 72.4 Å². The van der Waals surface area contributed by atoms with Crippen LogP contribution in [0.1, 0.15) is 33.1 Å². The van der Waals surface area contributed by atoms with Gasteiger partial charge < -0.3 is 28.9 Å². The molecule has 0 bridgehead atoms. The lowest BCUT2D eigenvalue weighted by molar-refractivity contribution is -0.878. The number of carbonyl (C=O) groups is 3. The molecule has 2 aliphatic heterocycles. The largest absolute Gasteiger partial charge is 0.383 e. The Morgan fingerprint density at radius 3 is 2.46 bits per heavy atom. The molecule has 50 heavy (non-hydrogen) atoms. The van der Waals surface area contributed by atoms with Crippen molar-refractivity contribution in [3.63, 3.8) is 0 Å². The second-order valence-electron chi connectivity index (χ2n) is 13.5. The Labute approximate surface area is 295 Å². The number of nitrogens with one attached hydrogen (secondary N) is 1. The van der Waals surface area contributed by atoms with Crippen LogP contribution in [0.25, 0.3) is 22.5 Å². The van der Waals surface area contributed by atoms with Crippen LogP contribution in [0.15, 0.2) is 42.7 Å².